The Labute approximate surface area is 109 Å². The fourth-order valence-electron chi connectivity index (χ4n) is 3.19. The molecule has 2 fully saturated rings. The summed E-state index contributed by atoms with van der Waals surface area (Å²) in [5.41, 5.74) is 1.15. The fraction of sp³-hybridized carbons (Fsp3) is 0.714. The van der Waals surface area contributed by atoms with Gasteiger partial charge in [0.25, 0.3) is 0 Å². The maximum atomic E-state index is 4.61. The molecule has 0 spiro atoms. The first-order chi connectivity index (χ1) is 8.76. The van der Waals surface area contributed by atoms with Crippen molar-refractivity contribution in [2.24, 2.45) is 5.92 Å². The number of piperidine rings is 1. The molecule has 1 N–H and O–H groups in total. The van der Waals surface area contributed by atoms with Crippen LogP contribution >= 0.6 is 0 Å². The lowest BCUT2D eigenvalue weighted by atomic mass is 9.94. The topological polar surface area (TPSA) is 41.0 Å². The molecule has 0 saturated carbocycles. The minimum atomic E-state index is 0.666. The van der Waals surface area contributed by atoms with Gasteiger partial charge in [-0.3, -0.25) is 0 Å². The predicted molar refractivity (Wildman–Crippen MR) is 72.9 cm³/mol. The molecule has 0 bridgehead atoms. The molecule has 4 nitrogen and oxygen atoms in total. The van der Waals surface area contributed by atoms with Gasteiger partial charge < -0.3 is 10.2 Å². The van der Waals surface area contributed by atoms with Gasteiger partial charge in [0, 0.05) is 30.9 Å². The van der Waals surface area contributed by atoms with Crippen molar-refractivity contribution >= 4 is 5.82 Å². The smallest absolute Gasteiger partial charge is 0.132 e. The normalized spacial score (nSPS) is 27.3. The monoisotopic (exact) mass is 246 g/mol. The molecule has 98 valence electrons. The van der Waals surface area contributed by atoms with E-state index < -0.39 is 0 Å². The zero-order valence-electron chi connectivity index (χ0n) is 11.3. The summed E-state index contributed by atoms with van der Waals surface area (Å²) < 4.78 is 0. The van der Waals surface area contributed by atoms with Crippen molar-refractivity contribution in [2.45, 2.75) is 39.2 Å². The molecule has 2 atom stereocenters. The second kappa shape index (κ2) is 4.84. The summed E-state index contributed by atoms with van der Waals surface area (Å²) >= 11 is 0. The molecular weight excluding hydrogens is 224 g/mol. The molecule has 0 unspecified atom stereocenters. The van der Waals surface area contributed by atoms with Crippen molar-refractivity contribution in [3.05, 3.63) is 17.6 Å². The number of nitrogens with zero attached hydrogens (tertiary/aromatic N) is 3. The van der Waals surface area contributed by atoms with Crippen molar-refractivity contribution in [3.8, 4) is 0 Å². The number of hydrogen-bond donors (Lipinski definition) is 1. The highest BCUT2D eigenvalue weighted by molar-refractivity contribution is 5.42. The van der Waals surface area contributed by atoms with Gasteiger partial charge in [0.1, 0.15) is 11.6 Å². The predicted octanol–water partition coefficient (Wildman–Crippen LogP) is 1.54. The van der Waals surface area contributed by atoms with Gasteiger partial charge in [-0.25, -0.2) is 9.97 Å². The molecule has 0 radical (unpaired) electrons. The number of hydrogen-bond acceptors (Lipinski definition) is 4. The standard InChI is InChI=1S/C14H22N4/c1-3-12-7-14(17-10(2)16-12)18-8-11-5-4-6-15-13(11)9-18/h7,11,13,15H,3-6,8-9H2,1-2H3/t11-,13+/m0/s1. The number of rotatable bonds is 2. The number of nitrogens with one attached hydrogen (secondary N) is 1. The lowest BCUT2D eigenvalue weighted by molar-refractivity contribution is 0.340. The Morgan fingerprint density at radius 3 is 3.06 bits per heavy atom. The maximum Gasteiger partial charge on any atom is 0.132 e. The van der Waals surface area contributed by atoms with Crippen LogP contribution in [0.2, 0.25) is 0 Å². The average molecular weight is 246 g/mol. The molecule has 4 heteroatoms. The number of fused-ring (bicyclic) bond motifs is 1. The summed E-state index contributed by atoms with van der Waals surface area (Å²) in [6.45, 7) is 7.57. The van der Waals surface area contributed by atoms with Crippen LogP contribution < -0.4 is 10.2 Å². The Hall–Kier alpha value is -1.16. The Morgan fingerprint density at radius 1 is 1.39 bits per heavy atom. The lowest BCUT2D eigenvalue weighted by Gasteiger charge is -2.24. The van der Waals surface area contributed by atoms with E-state index in [2.05, 4.69) is 33.2 Å². The fourth-order valence-corrected chi connectivity index (χ4v) is 3.19. The first-order valence-corrected chi connectivity index (χ1v) is 7.09. The van der Waals surface area contributed by atoms with E-state index in [0.717, 1.165) is 42.8 Å². The second-order valence-corrected chi connectivity index (χ2v) is 5.49. The van der Waals surface area contributed by atoms with Gasteiger partial charge >= 0.3 is 0 Å². The van der Waals surface area contributed by atoms with Crippen molar-refractivity contribution in [3.63, 3.8) is 0 Å². The molecule has 2 aliphatic rings. The van der Waals surface area contributed by atoms with Crippen LogP contribution in [0, 0.1) is 12.8 Å². The van der Waals surface area contributed by atoms with E-state index in [0.29, 0.717) is 6.04 Å². The third-order valence-corrected chi connectivity index (χ3v) is 4.16. The largest absolute Gasteiger partial charge is 0.355 e. The van der Waals surface area contributed by atoms with Gasteiger partial charge in [-0.15, -0.1) is 0 Å². The Balaban J connectivity index is 1.81. The summed E-state index contributed by atoms with van der Waals surface area (Å²) in [6, 6.07) is 2.82. The van der Waals surface area contributed by atoms with E-state index in [9.17, 15) is 0 Å². The quantitative estimate of drug-likeness (QED) is 0.859. The van der Waals surface area contributed by atoms with Crippen LogP contribution in [-0.4, -0.2) is 35.6 Å². The third-order valence-electron chi connectivity index (χ3n) is 4.16. The van der Waals surface area contributed by atoms with Gasteiger partial charge in [-0.05, 0) is 38.6 Å². The van der Waals surface area contributed by atoms with Crippen LogP contribution in [-0.2, 0) is 6.42 Å². The minimum absolute atomic E-state index is 0.666. The first-order valence-electron chi connectivity index (χ1n) is 7.09. The van der Waals surface area contributed by atoms with Crippen LogP contribution in [0.25, 0.3) is 0 Å². The summed E-state index contributed by atoms with van der Waals surface area (Å²) in [7, 11) is 0. The van der Waals surface area contributed by atoms with Gasteiger partial charge in [-0.2, -0.15) is 0 Å². The number of aromatic nitrogens is 2. The van der Waals surface area contributed by atoms with Crippen molar-refractivity contribution < 1.29 is 0 Å². The van der Waals surface area contributed by atoms with E-state index in [1.54, 1.807) is 0 Å². The van der Waals surface area contributed by atoms with E-state index >= 15 is 0 Å². The zero-order valence-corrected chi connectivity index (χ0v) is 11.3. The van der Waals surface area contributed by atoms with E-state index in [-0.39, 0.29) is 0 Å². The number of aryl methyl sites for hydroxylation is 2. The summed E-state index contributed by atoms with van der Waals surface area (Å²) in [5, 5.41) is 3.64. The second-order valence-electron chi connectivity index (χ2n) is 5.49. The molecule has 1 aromatic rings. The van der Waals surface area contributed by atoms with E-state index in [4.69, 9.17) is 0 Å². The van der Waals surface area contributed by atoms with Crippen LogP contribution in [0.1, 0.15) is 31.3 Å². The molecule has 0 aromatic carbocycles. The molecule has 1 aromatic heterocycles. The minimum Gasteiger partial charge on any atom is -0.355 e. The lowest BCUT2D eigenvalue weighted by Crippen LogP contribution is -2.40. The molecule has 3 rings (SSSR count). The Morgan fingerprint density at radius 2 is 2.28 bits per heavy atom. The van der Waals surface area contributed by atoms with Gasteiger partial charge in [0.15, 0.2) is 0 Å². The first kappa shape index (κ1) is 11.9. The van der Waals surface area contributed by atoms with Crippen molar-refractivity contribution in [1.29, 1.82) is 0 Å². The van der Waals surface area contributed by atoms with Crippen molar-refractivity contribution in [1.82, 2.24) is 15.3 Å². The van der Waals surface area contributed by atoms with Crippen molar-refractivity contribution in [2.75, 3.05) is 24.5 Å². The van der Waals surface area contributed by atoms with Crippen LogP contribution in [0.15, 0.2) is 6.07 Å². The van der Waals surface area contributed by atoms with Crippen LogP contribution in [0.3, 0.4) is 0 Å². The summed E-state index contributed by atoms with van der Waals surface area (Å²) in [4.78, 5) is 11.5. The van der Waals surface area contributed by atoms with E-state index in [1.807, 2.05) is 6.92 Å². The molecule has 0 amide bonds. The molecule has 2 aliphatic heterocycles. The summed E-state index contributed by atoms with van der Waals surface area (Å²) in [5.74, 6) is 2.82. The van der Waals surface area contributed by atoms with Gasteiger partial charge in [0.05, 0.1) is 0 Å². The Kier molecular flexibility index (Phi) is 3.20. The molecular formula is C14H22N4. The third kappa shape index (κ3) is 2.21. The highest BCUT2D eigenvalue weighted by Gasteiger charge is 2.34. The molecule has 18 heavy (non-hydrogen) atoms. The Bertz CT molecular complexity index is 418. The average Bonchev–Trinajstić information content (AvgIpc) is 2.81. The molecule has 0 aliphatic carbocycles. The van der Waals surface area contributed by atoms with Crippen LogP contribution in [0.4, 0.5) is 5.82 Å². The van der Waals surface area contributed by atoms with Gasteiger partial charge in [-0.1, -0.05) is 6.92 Å². The SMILES string of the molecule is CCc1cc(N2C[C@@H]3CCCN[C@@H]3C2)nc(C)n1. The molecule has 2 saturated heterocycles. The molecule has 3 heterocycles. The maximum absolute atomic E-state index is 4.61. The number of anilines is 1. The van der Waals surface area contributed by atoms with E-state index in [1.165, 1.54) is 19.4 Å². The summed E-state index contributed by atoms with van der Waals surface area (Å²) in [6.07, 6.45) is 3.66. The van der Waals surface area contributed by atoms with Crippen LogP contribution in [0.5, 0.6) is 0 Å². The van der Waals surface area contributed by atoms with Gasteiger partial charge in [0.2, 0.25) is 0 Å². The highest BCUT2D eigenvalue weighted by Crippen LogP contribution is 2.28. The zero-order chi connectivity index (χ0) is 12.5. The highest BCUT2D eigenvalue weighted by atomic mass is 15.2.